The van der Waals surface area contributed by atoms with E-state index < -0.39 is 74.6 Å². The van der Waals surface area contributed by atoms with Crippen LogP contribution in [0.2, 0.25) is 0 Å². The number of phenols is 2. The van der Waals surface area contributed by atoms with Crippen LogP contribution in [-0.2, 0) is 9.47 Å². The minimum Gasteiger partial charge on any atom is -0.508 e. The van der Waals surface area contributed by atoms with Gasteiger partial charge in [-0.05, 0) is 29.8 Å². The number of hydrogen-bond donors (Lipinski definition) is 10. The molecule has 0 unspecified atom stereocenters. The van der Waals surface area contributed by atoms with Crippen LogP contribution in [0.3, 0.4) is 0 Å². The normalized spacial score (nSPS) is 34.6. The van der Waals surface area contributed by atoms with Gasteiger partial charge in [0.1, 0.15) is 71.8 Å². The van der Waals surface area contributed by atoms with Crippen LogP contribution in [0.15, 0.2) is 36.4 Å². The molecule has 10 N–H and O–H groups in total. The molecule has 10 atom stereocenters. The second-order valence-corrected chi connectivity index (χ2v) is 9.44. The molecule has 2 aliphatic rings. The lowest BCUT2D eigenvalue weighted by atomic mass is 9.99. The molecule has 14 nitrogen and oxygen atoms in total. The number of hydrogen-bond acceptors (Lipinski definition) is 14. The Hall–Kier alpha value is -3.02. The summed E-state index contributed by atoms with van der Waals surface area (Å²) in [5, 5.41) is 99.2. The smallest absolute Gasteiger partial charge is 0.229 e. The predicted molar refractivity (Wildman–Crippen MR) is 134 cm³/mol. The molecule has 2 aliphatic heterocycles. The topological polar surface area (TPSA) is 239 Å². The monoisotopic (exact) mass is 568 g/mol. The van der Waals surface area contributed by atoms with E-state index in [1.165, 1.54) is 48.6 Å². The van der Waals surface area contributed by atoms with E-state index >= 15 is 0 Å². The maximum absolute atomic E-state index is 10.5. The van der Waals surface area contributed by atoms with Crippen LogP contribution >= 0.6 is 0 Å². The quantitative estimate of drug-likeness (QED) is 0.150. The Kier molecular flexibility index (Phi) is 9.48. The number of benzene rings is 2. The van der Waals surface area contributed by atoms with Gasteiger partial charge in [0.2, 0.25) is 12.6 Å². The van der Waals surface area contributed by atoms with Crippen molar-refractivity contribution < 1.29 is 70.0 Å². The van der Waals surface area contributed by atoms with Gasteiger partial charge >= 0.3 is 0 Å². The number of aliphatic hydroxyl groups excluding tert-OH is 8. The summed E-state index contributed by atoms with van der Waals surface area (Å²) in [6.07, 6.45) is -11.8. The standard InChI is InChI=1S/C26H32O14/c27-9-17-19(31)21(33)23(35)25(39-17)37-14-4-3-12(16(30)8-14)2-1-11-5-13(29)7-15(6-11)38-26-24(36)22(34)20(32)18(10-28)40-26/h1-8,17-36H,9-10H2/t17-,18-,19-,20-,21-,22-,23-,24-,25-,26-/m0/s1. The highest BCUT2D eigenvalue weighted by Crippen LogP contribution is 2.31. The first kappa shape index (κ1) is 30.0. The van der Waals surface area contributed by atoms with Gasteiger partial charge in [-0.1, -0.05) is 12.2 Å². The SMILES string of the molecule is OC[C@@H]1O[C@H](Oc2cc(O)cc(C=Cc3ccc(O[C@H]4O[C@@H](CO)[C@H](O)[C@H](O)[C@@H]4O)cc3O)c2)[C@@H](O)[C@@H](O)[C@H]1O. The van der Waals surface area contributed by atoms with Crippen molar-refractivity contribution in [3.8, 4) is 23.0 Å². The summed E-state index contributed by atoms with van der Waals surface area (Å²) < 4.78 is 21.6. The van der Waals surface area contributed by atoms with Crippen LogP contribution < -0.4 is 9.47 Å². The first-order valence-corrected chi connectivity index (χ1v) is 12.3. The average Bonchev–Trinajstić information content (AvgIpc) is 2.93. The van der Waals surface area contributed by atoms with E-state index in [0.29, 0.717) is 11.1 Å². The van der Waals surface area contributed by atoms with Gasteiger partial charge in [-0.2, -0.15) is 0 Å². The third-order valence-corrected chi connectivity index (χ3v) is 6.57. The van der Waals surface area contributed by atoms with Gasteiger partial charge < -0.3 is 70.0 Å². The van der Waals surface area contributed by atoms with E-state index in [1.807, 2.05) is 0 Å². The Morgan fingerprint density at radius 1 is 0.625 bits per heavy atom. The zero-order valence-corrected chi connectivity index (χ0v) is 20.9. The second-order valence-electron chi connectivity index (χ2n) is 9.44. The lowest BCUT2D eigenvalue weighted by Crippen LogP contribution is -2.60. The van der Waals surface area contributed by atoms with Crippen molar-refractivity contribution in [3.05, 3.63) is 47.5 Å². The molecule has 40 heavy (non-hydrogen) atoms. The molecular weight excluding hydrogens is 536 g/mol. The van der Waals surface area contributed by atoms with E-state index in [9.17, 15) is 51.1 Å². The van der Waals surface area contributed by atoms with Crippen LogP contribution in [0.5, 0.6) is 23.0 Å². The summed E-state index contributed by atoms with van der Waals surface area (Å²) in [4.78, 5) is 0. The van der Waals surface area contributed by atoms with Crippen molar-refractivity contribution in [2.24, 2.45) is 0 Å². The van der Waals surface area contributed by atoms with Gasteiger partial charge in [-0.3, -0.25) is 0 Å². The molecule has 0 spiro atoms. The highest BCUT2D eigenvalue weighted by atomic mass is 16.7. The van der Waals surface area contributed by atoms with Crippen molar-refractivity contribution in [2.45, 2.75) is 61.4 Å². The first-order valence-electron chi connectivity index (χ1n) is 12.3. The zero-order chi connectivity index (χ0) is 29.1. The first-order chi connectivity index (χ1) is 19.0. The minimum absolute atomic E-state index is 0.0384. The molecule has 2 heterocycles. The van der Waals surface area contributed by atoms with Crippen LogP contribution in [0.1, 0.15) is 11.1 Å². The zero-order valence-electron chi connectivity index (χ0n) is 20.9. The van der Waals surface area contributed by atoms with Gasteiger partial charge in [-0.15, -0.1) is 0 Å². The van der Waals surface area contributed by atoms with Gasteiger partial charge in [-0.25, -0.2) is 0 Å². The van der Waals surface area contributed by atoms with E-state index in [0.717, 1.165) is 0 Å². The molecule has 0 aromatic heterocycles. The van der Waals surface area contributed by atoms with E-state index in [4.69, 9.17) is 18.9 Å². The Morgan fingerprint density at radius 2 is 1.18 bits per heavy atom. The fourth-order valence-electron chi connectivity index (χ4n) is 4.29. The minimum atomic E-state index is -1.64. The molecule has 2 aromatic rings. The molecule has 0 saturated carbocycles. The largest absolute Gasteiger partial charge is 0.508 e. The summed E-state index contributed by atoms with van der Waals surface area (Å²) in [6.45, 7) is -1.25. The summed E-state index contributed by atoms with van der Waals surface area (Å²) in [5.41, 5.74) is 0.724. The Morgan fingerprint density at radius 3 is 1.70 bits per heavy atom. The fraction of sp³-hybridized carbons (Fsp3) is 0.462. The highest BCUT2D eigenvalue weighted by Gasteiger charge is 2.45. The van der Waals surface area contributed by atoms with Crippen molar-refractivity contribution in [3.63, 3.8) is 0 Å². The lowest BCUT2D eigenvalue weighted by molar-refractivity contribution is -0.277. The molecular formula is C26H32O14. The number of aromatic hydroxyl groups is 2. The van der Waals surface area contributed by atoms with Crippen molar-refractivity contribution in [1.82, 2.24) is 0 Å². The van der Waals surface area contributed by atoms with Crippen molar-refractivity contribution in [1.29, 1.82) is 0 Å². The van der Waals surface area contributed by atoms with Gasteiger partial charge in [0.25, 0.3) is 0 Å². The predicted octanol–water partition coefficient (Wildman–Crippen LogP) is -2.37. The lowest BCUT2D eigenvalue weighted by Gasteiger charge is -2.39. The molecule has 0 aliphatic carbocycles. The van der Waals surface area contributed by atoms with Crippen molar-refractivity contribution in [2.75, 3.05) is 13.2 Å². The highest BCUT2D eigenvalue weighted by molar-refractivity contribution is 5.74. The van der Waals surface area contributed by atoms with E-state index in [-0.39, 0.29) is 23.0 Å². The molecule has 2 aromatic carbocycles. The molecule has 0 bridgehead atoms. The summed E-state index contributed by atoms with van der Waals surface area (Å²) in [5.74, 6) is -0.353. The number of aliphatic hydroxyl groups is 8. The van der Waals surface area contributed by atoms with Crippen LogP contribution in [0.4, 0.5) is 0 Å². The average molecular weight is 569 g/mol. The molecule has 14 heteroatoms. The maximum atomic E-state index is 10.5. The maximum Gasteiger partial charge on any atom is 0.229 e. The molecule has 220 valence electrons. The fourth-order valence-corrected chi connectivity index (χ4v) is 4.29. The summed E-state index contributed by atoms with van der Waals surface area (Å²) in [6, 6.07) is 8.20. The van der Waals surface area contributed by atoms with Gasteiger partial charge in [0.15, 0.2) is 0 Å². The molecule has 4 rings (SSSR count). The van der Waals surface area contributed by atoms with Crippen molar-refractivity contribution >= 4 is 12.2 Å². The number of phenolic OH excluding ortho intramolecular Hbond substituents is 2. The Bertz CT molecular complexity index is 1170. The third-order valence-electron chi connectivity index (χ3n) is 6.57. The molecule has 2 saturated heterocycles. The van der Waals surface area contributed by atoms with Crippen LogP contribution in [-0.4, -0.2) is 126 Å². The van der Waals surface area contributed by atoms with Crippen LogP contribution in [0, 0.1) is 0 Å². The third kappa shape index (κ3) is 6.47. The molecule has 0 radical (unpaired) electrons. The molecule has 2 fully saturated rings. The van der Waals surface area contributed by atoms with E-state index in [1.54, 1.807) is 0 Å². The number of rotatable bonds is 8. The summed E-state index contributed by atoms with van der Waals surface area (Å²) in [7, 11) is 0. The second kappa shape index (κ2) is 12.7. The summed E-state index contributed by atoms with van der Waals surface area (Å²) >= 11 is 0. The van der Waals surface area contributed by atoms with Gasteiger partial charge in [0, 0.05) is 17.7 Å². The van der Waals surface area contributed by atoms with E-state index in [2.05, 4.69) is 0 Å². The Balaban J connectivity index is 1.45. The van der Waals surface area contributed by atoms with Crippen LogP contribution in [0.25, 0.3) is 12.2 Å². The molecule has 0 amide bonds. The number of ether oxygens (including phenoxy) is 4. The Labute approximate surface area is 227 Å². The van der Waals surface area contributed by atoms with Gasteiger partial charge in [0.05, 0.1) is 13.2 Å².